The van der Waals surface area contributed by atoms with E-state index in [1.807, 2.05) is 97.9 Å². The van der Waals surface area contributed by atoms with Gasteiger partial charge in [-0.1, -0.05) is 28.1 Å². The second-order valence-corrected chi connectivity index (χ2v) is 11.9. The molecular weight excluding hydrogens is 478 g/mol. The van der Waals surface area contributed by atoms with Crippen molar-refractivity contribution in [3.63, 3.8) is 0 Å². The lowest BCUT2D eigenvalue weighted by atomic mass is 9.84. The van der Waals surface area contributed by atoms with Gasteiger partial charge in [-0.15, -0.1) is 0 Å². The van der Waals surface area contributed by atoms with E-state index in [0.717, 1.165) is 9.82 Å². The number of nitrogens with zero attached hydrogens (tertiary/aromatic N) is 7. The maximum Gasteiger partial charge on any atom is 0.382 e. The first-order valence-corrected chi connectivity index (χ1v) is 12.7. The first kappa shape index (κ1) is 25.8. The minimum atomic E-state index is -0.692. The Balaban J connectivity index is 1.50. The van der Waals surface area contributed by atoms with Crippen molar-refractivity contribution in [2.24, 2.45) is 9.98 Å². The SMILES string of the molecule is CC1(C)N=C(c2cccc(-c3cccc(-c4cccc(C5=NC(C)(C)C(C)(C)[N+]5=O)n4)n3)n2)N([O-])C1(C)C. The van der Waals surface area contributed by atoms with Gasteiger partial charge in [-0.3, -0.25) is 4.99 Å². The summed E-state index contributed by atoms with van der Waals surface area (Å²) in [6.07, 6.45) is 0. The molecular formula is C29H33N7O2. The maximum atomic E-state index is 13.1. The molecule has 0 bridgehead atoms. The minimum Gasteiger partial charge on any atom is -0.757 e. The third kappa shape index (κ3) is 3.84. The number of hydrogen-bond acceptors (Lipinski definition) is 8. The molecule has 0 amide bonds. The highest BCUT2D eigenvalue weighted by Gasteiger charge is 2.59. The van der Waals surface area contributed by atoms with Gasteiger partial charge in [0.15, 0.2) is 16.8 Å². The van der Waals surface area contributed by atoms with Gasteiger partial charge in [-0.25, -0.2) is 15.0 Å². The van der Waals surface area contributed by atoms with E-state index in [1.54, 1.807) is 12.1 Å². The first-order valence-electron chi connectivity index (χ1n) is 12.7. The molecule has 5 rings (SSSR count). The topological polar surface area (TPSA) is 110 Å². The predicted octanol–water partition coefficient (Wildman–Crippen LogP) is 5.42. The van der Waals surface area contributed by atoms with Crippen LogP contribution in [0.2, 0.25) is 0 Å². The third-order valence-electron chi connectivity index (χ3n) is 8.40. The summed E-state index contributed by atoms with van der Waals surface area (Å²) in [5.41, 5.74) is 1.03. The van der Waals surface area contributed by atoms with Crippen LogP contribution in [-0.4, -0.2) is 58.6 Å². The van der Waals surface area contributed by atoms with Gasteiger partial charge in [0.05, 0.1) is 28.3 Å². The Morgan fingerprint density at radius 1 is 0.632 bits per heavy atom. The van der Waals surface area contributed by atoms with E-state index < -0.39 is 22.2 Å². The van der Waals surface area contributed by atoms with Crippen LogP contribution in [-0.2, 0) is 0 Å². The maximum absolute atomic E-state index is 13.1. The van der Waals surface area contributed by atoms with E-state index in [2.05, 4.69) is 0 Å². The molecule has 2 aliphatic rings. The molecule has 9 nitrogen and oxygen atoms in total. The summed E-state index contributed by atoms with van der Waals surface area (Å²) in [6, 6.07) is 16.6. The average Bonchev–Trinajstić information content (AvgIpc) is 3.16. The average molecular weight is 512 g/mol. The molecule has 5 heterocycles. The smallest absolute Gasteiger partial charge is 0.382 e. The Hall–Kier alpha value is -3.85. The van der Waals surface area contributed by atoms with Crippen LogP contribution in [0.1, 0.15) is 66.8 Å². The van der Waals surface area contributed by atoms with Gasteiger partial charge in [-0.05, 0) is 96.5 Å². The molecule has 0 spiro atoms. The van der Waals surface area contributed by atoms with Crippen molar-refractivity contribution in [3.8, 4) is 22.8 Å². The lowest BCUT2D eigenvalue weighted by molar-refractivity contribution is -0.514. The van der Waals surface area contributed by atoms with Gasteiger partial charge in [0.1, 0.15) is 11.5 Å². The molecule has 3 aromatic heterocycles. The van der Waals surface area contributed by atoms with E-state index >= 15 is 0 Å². The highest BCUT2D eigenvalue weighted by Crippen LogP contribution is 2.38. The number of aliphatic imine (C=N–C) groups is 2. The molecule has 38 heavy (non-hydrogen) atoms. The number of pyridine rings is 3. The zero-order valence-corrected chi connectivity index (χ0v) is 23.1. The van der Waals surface area contributed by atoms with Gasteiger partial charge in [0, 0.05) is 5.54 Å². The van der Waals surface area contributed by atoms with E-state index in [-0.39, 0.29) is 0 Å². The summed E-state index contributed by atoms with van der Waals surface area (Å²) in [5, 5.41) is 14.0. The molecule has 9 heteroatoms. The highest BCUT2D eigenvalue weighted by molar-refractivity contribution is 6.00. The van der Waals surface area contributed by atoms with Crippen LogP contribution in [0.15, 0.2) is 64.6 Å². The fourth-order valence-electron chi connectivity index (χ4n) is 4.37. The molecule has 0 aromatic carbocycles. The van der Waals surface area contributed by atoms with Crippen LogP contribution in [0.4, 0.5) is 0 Å². The molecule has 0 radical (unpaired) electrons. The molecule has 2 aliphatic heterocycles. The van der Waals surface area contributed by atoms with Gasteiger partial charge < -0.3 is 10.3 Å². The van der Waals surface area contributed by atoms with E-state index in [4.69, 9.17) is 24.9 Å². The summed E-state index contributed by atoms with van der Waals surface area (Å²) in [5.74, 6) is 0.635. The Labute approximate surface area is 223 Å². The van der Waals surface area contributed by atoms with E-state index in [9.17, 15) is 10.1 Å². The molecule has 0 atom stereocenters. The molecule has 196 valence electrons. The normalized spacial score (nSPS) is 20.9. The van der Waals surface area contributed by atoms with Crippen LogP contribution < -0.4 is 0 Å². The Morgan fingerprint density at radius 2 is 1.05 bits per heavy atom. The number of rotatable bonds is 4. The van der Waals surface area contributed by atoms with Crippen LogP contribution in [0.5, 0.6) is 0 Å². The van der Waals surface area contributed by atoms with Crippen molar-refractivity contribution >= 4 is 11.7 Å². The monoisotopic (exact) mass is 511 g/mol. The van der Waals surface area contributed by atoms with Crippen molar-refractivity contribution in [2.75, 3.05) is 0 Å². The summed E-state index contributed by atoms with van der Waals surface area (Å²) >= 11 is 0. The van der Waals surface area contributed by atoms with Crippen LogP contribution >= 0.6 is 0 Å². The summed E-state index contributed by atoms with van der Waals surface area (Å²) in [6.45, 7) is 15.3. The Kier molecular flexibility index (Phi) is 5.65. The van der Waals surface area contributed by atoms with Gasteiger partial charge in [0.2, 0.25) is 0 Å². The molecule has 0 fully saturated rings. The summed E-state index contributed by atoms with van der Waals surface area (Å²) in [4.78, 5) is 36.7. The van der Waals surface area contributed by atoms with Gasteiger partial charge in [-0.2, -0.15) is 0 Å². The lowest BCUT2D eigenvalue weighted by Gasteiger charge is -2.45. The molecule has 0 N–H and O–H groups in total. The number of hydroxylamine groups is 2. The van der Waals surface area contributed by atoms with Crippen molar-refractivity contribution in [1.29, 1.82) is 0 Å². The van der Waals surface area contributed by atoms with Gasteiger partial charge in [0.25, 0.3) is 0 Å². The van der Waals surface area contributed by atoms with Crippen molar-refractivity contribution in [3.05, 3.63) is 76.1 Å². The number of nitroso groups, excluding NO2 is 1. The fraction of sp³-hybridized carbons (Fsp3) is 0.414. The minimum absolute atomic E-state index is 0.317. The lowest BCUT2D eigenvalue weighted by Crippen LogP contribution is -2.50. The third-order valence-corrected chi connectivity index (χ3v) is 8.40. The van der Waals surface area contributed by atoms with Crippen LogP contribution in [0.3, 0.4) is 0 Å². The second-order valence-electron chi connectivity index (χ2n) is 11.9. The quantitative estimate of drug-likeness (QED) is 0.433. The van der Waals surface area contributed by atoms with Crippen LogP contribution in [0.25, 0.3) is 22.8 Å². The Morgan fingerprint density at radius 3 is 1.47 bits per heavy atom. The van der Waals surface area contributed by atoms with Crippen molar-refractivity contribution < 1.29 is 4.76 Å². The Bertz CT molecular complexity index is 1520. The molecule has 0 saturated heterocycles. The highest BCUT2D eigenvalue weighted by atomic mass is 16.5. The largest absolute Gasteiger partial charge is 0.757 e. The van der Waals surface area contributed by atoms with Crippen LogP contribution in [0, 0.1) is 10.1 Å². The summed E-state index contributed by atoms with van der Waals surface area (Å²) in [7, 11) is 0. The van der Waals surface area contributed by atoms with E-state index in [1.165, 1.54) is 0 Å². The number of aromatic nitrogens is 3. The predicted molar refractivity (Wildman–Crippen MR) is 149 cm³/mol. The van der Waals surface area contributed by atoms with E-state index in [0.29, 0.717) is 45.8 Å². The number of amidine groups is 2. The fourth-order valence-corrected chi connectivity index (χ4v) is 4.37. The standard InChI is InChI=1S/C29H33N7O2/c1-26(2)28(5,6)35(37)24(33-26)22-16-10-14-20(31-22)18-12-9-13-19(30-18)21-15-11-17-23(32-21)25-34-27(3,4)29(7,8)36(25)38/h9-17H,1-8H3. The van der Waals surface area contributed by atoms with Crippen molar-refractivity contribution in [1.82, 2.24) is 20.0 Å². The molecule has 0 unspecified atom stereocenters. The molecule has 0 aliphatic carbocycles. The second kappa shape index (κ2) is 8.33. The first-order chi connectivity index (χ1) is 17.7. The summed E-state index contributed by atoms with van der Waals surface area (Å²) < 4.78 is 0.950. The molecule has 3 aromatic rings. The van der Waals surface area contributed by atoms with Crippen molar-refractivity contribution in [2.45, 2.75) is 77.5 Å². The van der Waals surface area contributed by atoms with Gasteiger partial charge >= 0.3 is 5.84 Å². The molecule has 0 saturated carbocycles. The zero-order chi connectivity index (χ0) is 27.7. The zero-order valence-electron chi connectivity index (χ0n) is 23.1. The number of hydrogen-bond donors (Lipinski definition) is 0.